The molecule has 0 radical (unpaired) electrons. The fourth-order valence-electron chi connectivity index (χ4n) is 5.26. The van der Waals surface area contributed by atoms with E-state index in [-0.39, 0.29) is 6.04 Å². The van der Waals surface area contributed by atoms with Crippen LogP contribution in [0, 0.1) is 0 Å². The first-order valence-corrected chi connectivity index (χ1v) is 13.4. The molecule has 2 N–H and O–H groups in total. The molecule has 3 aromatic carbocycles. The third kappa shape index (κ3) is 5.38. The van der Waals surface area contributed by atoms with Crippen molar-refractivity contribution < 1.29 is 0 Å². The van der Waals surface area contributed by atoms with Gasteiger partial charge in [0, 0.05) is 31.0 Å². The van der Waals surface area contributed by atoms with Gasteiger partial charge in [0.1, 0.15) is 12.1 Å². The Morgan fingerprint density at radius 1 is 0.947 bits per heavy atom. The summed E-state index contributed by atoms with van der Waals surface area (Å²) in [7, 11) is 0. The molecule has 192 valence electrons. The van der Waals surface area contributed by atoms with E-state index in [2.05, 4.69) is 93.1 Å². The lowest BCUT2D eigenvalue weighted by atomic mass is 10.1. The third-order valence-corrected chi connectivity index (χ3v) is 7.35. The molecule has 0 aliphatic carbocycles. The Hall–Kier alpha value is -4.23. The molecule has 1 saturated heterocycles. The molecule has 1 aliphatic rings. The van der Waals surface area contributed by atoms with Crippen molar-refractivity contribution >= 4 is 22.7 Å². The van der Waals surface area contributed by atoms with E-state index in [9.17, 15) is 0 Å². The Bertz CT molecular complexity index is 1480. The topological polar surface area (TPSA) is 70.9 Å². The van der Waals surface area contributed by atoms with E-state index in [0.717, 1.165) is 42.2 Å². The van der Waals surface area contributed by atoms with Crippen molar-refractivity contribution in [2.24, 2.45) is 0 Å². The van der Waals surface area contributed by atoms with Crippen LogP contribution < -0.4 is 10.6 Å². The zero-order chi connectivity index (χ0) is 25.7. The maximum atomic E-state index is 4.76. The lowest BCUT2D eigenvalue weighted by molar-refractivity contribution is 0.254. The van der Waals surface area contributed by atoms with Crippen LogP contribution in [0.2, 0.25) is 0 Å². The van der Waals surface area contributed by atoms with Crippen LogP contribution in [0.4, 0.5) is 11.6 Å². The van der Waals surface area contributed by atoms with Crippen molar-refractivity contribution in [3.8, 4) is 5.82 Å². The molecule has 0 amide bonds. The second kappa shape index (κ2) is 11.0. The molecule has 7 heteroatoms. The first-order valence-electron chi connectivity index (χ1n) is 13.4. The van der Waals surface area contributed by atoms with Crippen molar-refractivity contribution in [2.45, 2.75) is 38.4 Å². The molecule has 3 heterocycles. The molecule has 5 aromatic rings. The van der Waals surface area contributed by atoms with Gasteiger partial charge in [-0.25, -0.2) is 9.97 Å². The number of anilines is 2. The smallest absolute Gasteiger partial charge is 0.225 e. The SMILES string of the molecule is CC(Nc1nccc(-n2cnc3cc(NCC4CCCN4Cc4ccccc4)ccc32)n1)c1ccccc1. The highest BCUT2D eigenvalue weighted by Gasteiger charge is 2.24. The number of rotatable bonds is 9. The summed E-state index contributed by atoms with van der Waals surface area (Å²) < 4.78 is 2.01. The van der Waals surface area contributed by atoms with Gasteiger partial charge in [-0.1, -0.05) is 60.7 Å². The van der Waals surface area contributed by atoms with E-state index in [1.807, 2.05) is 35.2 Å². The van der Waals surface area contributed by atoms with E-state index in [0.29, 0.717) is 12.0 Å². The number of aromatic nitrogens is 4. The maximum Gasteiger partial charge on any atom is 0.225 e. The van der Waals surface area contributed by atoms with Gasteiger partial charge in [0.15, 0.2) is 0 Å². The summed E-state index contributed by atoms with van der Waals surface area (Å²) in [5.74, 6) is 1.38. The van der Waals surface area contributed by atoms with Crippen molar-refractivity contribution in [3.63, 3.8) is 0 Å². The minimum Gasteiger partial charge on any atom is -0.383 e. The highest BCUT2D eigenvalue weighted by molar-refractivity contribution is 5.81. The van der Waals surface area contributed by atoms with Crippen molar-refractivity contribution in [2.75, 3.05) is 23.7 Å². The molecule has 0 saturated carbocycles. The molecular formula is C31H33N7. The van der Waals surface area contributed by atoms with Gasteiger partial charge in [-0.05, 0) is 61.7 Å². The number of hydrogen-bond acceptors (Lipinski definition) is 6. The number of hydrogen-bond donors (Lipinski definition) is 2. The predicted molar refractivity (Wildman–Crippen MR) is 154 cm³/mol. The second-order valence-electron chi connectivity index (χ2n) is 9.97. The molecule has 0 bridgehead atoms. The van der Waals surface area contributed by atoms with Crippen molar-refractivity contribution in [1.29, 1.82) is 0 Å². The lowest BCUT2D eigenvalue weighted by Gasteiger charge is -2.25. The Balaban J connectivity index is 1.13. The van der Waals surface area contributed by atoms with E-state index < -0.39 is 0 Å². The Labute approximate surface area is 223 Å². The van der Waals surface area contributed by atoms with Crippen LogP contribution >= 0.6 is 0 Å². The molecule has 2 atom stereocenters. The van der Waals surface area contributed by atoms with Gasteiger partial charge in [-0.3, -0.25) is 9.47 Å². The van der Waals surface area contributed by atoms with Crippen LogP contribution in [0.15, 0.2) is 97.5 Å². The first-order chi connectivity index (χ1) is 18.7. The van der Waals surface area contributed by atoms with Gasteiger partial charge in [0.05, 0.1) is 17.1 Å². The van der Waals surface area contributed by atoms with E-state index in [4.69, 9.17) is 4.98 Å². The minimum atomic E-state index is 0.100. The quantitative estimate of drug-likeness (QED) is 0.255. The molecule has 1 fully saturated rings. The zero-order valence-electron chi connectivity index (χ0n) is 21.7. The molecular weight excluding hydrogens is 470 g/mol. The molecule has 6 rings (SSSR count). The van der Waals surface area contributed by atoms with Crippen molar-refractivity contribution in [1.82, 2.24) is 24.4 Å². The number of nitrogens with zero attached hydrogens (tertiary/aromatic N) is 5. The van der Waals surface area contributed by atoms with E-state index in [1.54, 1.807) is 6.20 Å². The fraction of sp³-hybridized carbons (Fsp3) is 0.258. The summed E-state index contributed by atoms with van der Waals surface area (Å²) in [6.07, 6.45) is 6.10. The number of imidazole rings is 1. The number of nitrogens with one attached hydrogen (secondary N) is 2. The Morgan fingerprint density at radius 3 is 2.61 bits per heavy atom. The summed E-state index contributed by atoms with van der Waals surface area (Å²) >= 11 is 0. The number of fused-ring (bicyclic) bond motifs is 1. The monoisotopic (exact) mass is 503 g/mol. The average molecular weight is 504 g/mol. The minimum absolute atomic E-state index is 0.100. The highest BCUT2D eigenvalue weighted by Crippen LogP contribution is 2.24. The van der Waals surface area contributed by atoms with Gasteiger partial charge >= 0.3 is 0 Å². The van der Waals surface area contributed by atoms with Gasteiger partial charge in [-0.2, -0.15) is 4.98 Å². The van der Waals surface area contributed by atoms with E-state index in [1.165, 1.54) is 24.0 Å². The van der Waals surface area contributed by atoms with Gasteiger partial charge < -0.3 is 10.6 Å². The summed E-state index contributed by atoms with van der Waals surface area (Å²) in [5.41, 5.74) is 5.62. The predicted octanol–water partition coefficient (Wildman–Crippen LogP) is 6.07. The first kappa shape index (κ1) is 24.1. The molecule has 2 aromatic heterocycles. The molecule has 38 heavy (non-hydrogen) atoms. The summed E-state index contributed by atoms with van der Waals surface area (Å²) in [5, 5.41) is 7.07. The molecule has 2 unspecified atom stereocenters. The van der Waals surface area contributed by atoms with Crippen LogP contribution in [-0.4, -0.2) is 43.6 Å². The summed E-state index contributed by atoms with van der Waals surface area (Å²) in [6.45, 7) is 5.21. The van der Waals surface area contributed by atoms with Crippen LogP contribution in [-0.2, 0) is 6.54 Å². The van der Waals surface area contributed by atoms with Gasteiger partial charge in [0.25, 0.3) is 0 Å². The molecule has 0 spiro atoms. The fourth-order valence-corrected chi connectivity index (χ4v) is 5.26. The van der Waals surface area contributed by atoms with Gasteiger partial charge in [0.2, 0.25) is 5.95 Å². The maximum absolute atomic E-state index is 4.76. The largest absolute Gasteiger partial charge is 0.383 e. The number of benzene rings is 3. The molecule has 1 aliphatic heterocycles. The van der Waals surface area contributed by atoms with Crippen LogP contribution in [0.1, 0.15) is 36.9 Å². The Kier molecular flexibility index (Phi) is 7.00. The zero-order valence-corrected chi connectivity index (χ0v) is 21.7. The average Bonchev–Trinajstić information content (AvgIpc) is 3.59. The second-order valence-corrected chi connectivity index (χ2v) is 9.97. The van der Waals surface area contributed by atoms with Crippen molar-refractivity contribution in [3.05, 3.63) is 109 Å². The standard InChI is InChI=1S/C31H33N7/c1-23(25-11-6-3-7-12-25)35-31-32-17-16-30(36-31)38-22-34-28-19-26(14-15-29(28)38)33-20-27-13-8-18-37(27)21-24-9-4-2-5-10-24/h2-7,9-12,14-17,19,22-23,27,33H,8,13,18,20-21H2,1H3,(H,32,35,36). The Morgan fingerprint density at radius 2 is 1.76 bits per heavy atom. The number of likely N-dealkylation sites (tertiary alicyclic amines) is 1. The van der Waals surface area contributed by atoms with Gasteiger partial charge in [-0.15, -0.1) is 0 Å². The lowest BCUT2D eigenvalue weighted by Crippen LogP contribution is -2.34. The third-order valence-electron chi connectivity index (χ3n) is 7.35. The highest BCUT2D eigenvalue weighted by atomic mass is 15.2. The normalized spacial score (nSPS) is 16.5. The summed E-state index contributed by atoms with van der Waals surface area (Å²) in [4.78, 5) is 16.5. The summed E-state index contributed by atoms with van der Waals surface area (Å²) in [6, 6.07) is 30.0. The van der Waals surface area contributed by atoms with Crippen LogP contribution in [0.5, 0.6) is 0 Å². The van der Waals surface area contributed by atoms with E-state index >= 15 is 0 Å². The van der Waals surface area contributed by atoms with Crippen LogP contribution in [0.25, 0.3) is 16.9 Å². The van der Waals surface area contributed by atoms with Crippen LogP contribution in [0.3, 0.4) is 0 Å². The molecule has 7 nitrogen and oxygen atoms in total.